The van der Waals surface area contributed by atoms with Gasteiger partial charge < -0.3 is 25.2 Å². The topological polar surface area (TPSA) is 107 Å². The van der Waals surface area contributed by atoms with E-state index in [-0.39, 0.29) is 41.7 Å². The highest BCUT2D eigenvalue weighted by atomic mass is 16.5. The van der Waals surface area contributed by atoms with Crippen LogP contribution >= 0.6 is 0 Å². The number of rotatable bonds is 2. The number of carbonyl (C=O) groups is 1. The van der Waals surface area contributed by atoms with E-state index >= 15 is 0 Å². The van der Waals surface area contributed by atoms with Crippen LogP contribution in [0, 0.1) is 34.5 Å². The van der Waals surface area contributed by atoms with Crippen molar-refractivity contribution < 1.29 is 30.0 Å². The average molecular weight is 407 g/mol. The van der Waals surface area contributed by atoms with Gasteiger partial charge in [0.2, 0.25) is 0 Å². The predicted octanol–water partition coefficient (Wildman–Crippen LogP) is 1.55. The van der Waals surface area contributed by atoms with Gasteiger partial charge in [-0.3, -0.25) is 0 Å². The van der Waals surface area contributed by atoms with Crippen LogP contribution in [-0.2, 0) is 9.53 Å². The van der Waals surface area contributed by atoms with Crippen LogP contribution in [0.15, 0.2) is 11.6 Å². The number of ether oxygens (including phenoxy) is 1. The molecule has 4 aliphatic carbocycles. The Morgan fingerprint density at radius 2 is 1.90 bits per heavy atom. The summed E-state index contributed by atoms with van der Waals surface area (Å²) in [7, 11) is 0. The Bertz CT molecular complexity index is 735. The Morgan fingerprint density at radius 3 is 2.59 bits per heavy atom. The molecule has 6 heteroatoms. The second-order valence-corrected chi connectivity index (χ2v) is 10.8. The third kappa shape index (κ3) is 2.52. The van der Waals surface area contributed by atoms with Crippen molar-refractivity contribution in [2.24, 2.45) is 34.5 Å². The monoisotopic (exact) mass is 406 g/mol. The van der Waals surface area contributed by atoms with Crippen molar-refractivity contribution in [2.45, 2.75) is 76.1 Å². The molecule has 0 aromatic heterocycles. The highest BCUT2D eigenvalue weighted by Gasteiger charge is 2.68. The van der Waals surface area contributed by atoms with E-state index in [2.05, 4.69) is 6.92 Å². The van der Waals surface area contributed by atoms with Gasteiger partial charge in [0.15, 0.2) is 0 Å². The van der Waals surface area contributed by atoms with Gasteiger partial charge in [-0.05, 0) is 80.6 Å². The van der Waals surface area contributed by atoms with Crippen molar-refractivity contribution in [1.29, 1.82) is 0 Å². The maximum absolute atomic E-state index is 12.1. The highest BCUT2D eigenvalue weighted by Crippen LogP contribution is 2.69. The summed E-state index contributed by atoms with van der Waals surface area (Å²) in [5, 5.41) is 43.3. The maximum atomic E-state index is 12.1. The fourth-order valence-electron chi connectivity index (χ4n) is 8.50. The maximum Gasteiger partial charge on any atom is 0.331 e. The summed E-state index contributed by atoms with van der Waals surface area (Å²) in [6.07, 6.45) is 6.14. The van der Waals surface area contributed by atoms with Gasteiger partial charge in [0, 0.05) is 23.5 Å². The minimum Gasteiger partial charge on any atom is -0.458 e. The van der Waals surface area contributed by atoms with Crippen LogP contribution in [0.2, 0.25) is 0 Å². The molecule has 0 radical (unpaired) electrons. The first-order valence-corrected chi connectivity index (χ1v) is 11.3. The van der Waals surface area contributed by atoms with Crippen LogP contribution in [0.25, 0.3) is 0 Å². The SMILES string of the molecule is C[C@]12CC[C@H]3[C@@H](CC[C@@H]4C[C@@H](O)[C@H](O)C[C@@]43CO)[C@@]1(O)CC[C@@H]2C1=CC(=O)OC1. The Labute approximate surface area is 172 Å². The first kappa shape index (κ1) is 20.0. The van der Waals surface area contributed by atoms with Crippen molar-refractivity contribution in [2.75, 3.05) is 13.2 Å². The molecule has 0 unspecified atom stereocenters. The van der Waals surface area contributed by atoms with E-state index in [1.54, 1.807) is 6.08 Å². The Kier molecular flexibility index (Phi) is 4.49. The number of hydrogen-bond donors (Lipinski definition) is 4. The third-order valence-corrected chi connectivity index (χ3v) is 10.0. The molecule has 1 aliphatic heterocycles. The highest BCUT2D eigenvalue weighted by molar-refractivity contribution is 5.85. The number of fused-ring (bicyclic) bond motifs is 5. The first-order valence-electron chi connectivity index (χ1n) is 11.3. The van der Waals surface area contributed by atoms with E-state index in [0.717, 1.165) is 37.7 Å². The largest absolute Gasteiger partial charge is 0.458 e. The molecule has 5 aliphatic rings. The Morgan fingerprint density at radius 1 is 1.10 bits per heavy atom. The third-order valence-electron chi connectivity index (χ3n) is 10.0. The van der Waals surface area contributed by atoms with E-state index in [4.69, 9.17) is 4.74 Å². The van der Waals surface area contributed by atoms with E-state index in [0.29, 0.717) is 25.9 Å². The second-order valence-electron chi connectivity index (χ2n) is 10.8. The van der Waals surface area contributed by atoms with Crippen LogP contribution in [0.5, 0.6) is 0 Å². The zero-order valence-corrected chi connectivity index (χ0v) is 17.2. The summed E-state index contributed by atoms with van der Waals surface area (Å²) in [6.45, 7) is 2.53. The minimum absolute atomic E-state index is 0.00628. The second kappa shape index (κ2) is 6.52. The van der Waals surface area contributed by atoms with Crippen LogP contribution in [-0.4, -0.2) is 57.4 Å². The molecule has 4 N–H and O–H groups in total. The van der Waals surface area contributed by atoms with Crippen LogP contribution < -0.4 is 0 Å². The molecule has 162 valence electrons. The fourth-order valence-corrected chi connectivity index (χ4v) is 8.50. The van der Waals surface area contributed by atoms with E-state index < -0.39 is 23.2 Å². The molecule has 1 heterocycles. The summed E-state index contributed by atoms with van der Waals surface area (Å²) in [5.41, 5.74) is -0.526. The van der Waals surface area contributed by atoms with Gasteiger partial charge >= 0.3 is 5.97 Å². The van der Waals surface area contributed by atoms with Gasteiger partial charge in [-0.1, -0.05) is 6.92 Å². The number of cyclic esters (lactones) is 1. The molecule has 29 heavy (non-hydrogen) atoms. The van der Waals surface area contributed by atoms with Gasteiger partial charge in [0.05, 0.1) is 17.8 Å². The lowest BCUT2D eigenvalue weighted by atomic mass is 9.42. The number of aliphatic hydroxyl groups excluding tert-OH is 3. The smallest absolute Gasteiger partial charge is 0.331 e. The Hall–Kier alpha value is -0.950. The zero-order chi connectivity index (χ0) is 20.6. The van der Waals surface area contributed by atoms with Crippen LogP contribution in [0.4, 0.5) is 0 Å². The zero-order valence-electron chi connectivity index (χ0n) is 17.2. The molecule has 0 aromatic carbocycles. The molecule has 4 fully saturated rings. The molecule has 0 bridgehead atoms. The quantitative estimate of drug-likeness (QED) is 0.519. The molecule has 4 saturated carbocycles. The standard InChI is InChI=1S/C23H34O6/c1-21-6-4-16-17(3-2-14-9-18(25)19(26)10-22(14,16)12-24)23(21,28)7-5-15(21)13-8-20(27)29-11-13/h8,14-19,24-26,28H,2-7,9-12H2,1H3/t14-,15-,16+,17-,18-,19-,21-,22-,23+/m1/s1. The molecule has 0 aromatic rings. The molecular weight excluding hydrogens is 372 g/mol. The van der Waals surface area contributed by atoms with Gasteiger partial charge in [-0.15, -0.1) is 0 Å². The number of esters is 1. The van der Waals surface area contributed by atoms with Gasteiger partial charge in [-0.25, -0.2) is 4.79 Å². The van der Waals surface area contributed by atoms with Crippen molar-refractivity contribution >= 4 is 5.97 Å². The molecule has 5 rings (SSSR count). The lowest BCUT2D eigenvalue weighted by Crippen LogP contribution is -2.65. The molecule has 0 amide bonds. The van der Waals surface area contributed by atoms with Crippen molar-refractivity contribution in [1.82, 2.24) is 0 Å². The number of carbonyl (C=O) groups excluding carboxylic acids is 1. The van der Waals surface area contributed by atoms with Crippen LogP contribution in [0.3, 0.4) is 0 Å². The fraction of sp³-hybridized carbons (Fsp3) is 0.870. The molecule has 6 nitrogen and oxygen atoms in total. The van der Waals surface area contributed by atoms with Crippen molar-refractivity contribution in [3.05, 3.63) is 11.6 Å². The normalized spacial score (nSPS) is 54.2. The van der Waals surface area contributed by atoms with Crippen molar-refractivity contribution in [3.8, 4) is 0 Å². The summed E-state index contributed by atoms with van der Waals surface area (Å²) in [5.74, 6) is 0.306. The minimum atomic E-state index is -0.832. The van der Waals surface area contributed by atoms with E-state index in [9.17, 15) is 25.2 Å². The average Bonchev–Trinajstić information content (AvgIpc) is 3.23. The van der Waals surface area contributed by atoms with Crippen molar-refractivity contribution in [3.63, 3.8) is 0 Å². The van der Waals surface area contributed by atoms with E-state index in [1.165, 1.54) is 0 Å². The van der Waals surface area contributed by atoms with Gasteiger partial charge in [0.1, 0.15) is 6.61 Å². The lowest BCUT2D eigenvalue weighted by molar-refractivity contribution is -0.230. The number of hydrogen-bond acceptors (Lipinski definition) is 6. The molecule has 0 saturated heterocycles. The predicted molar refractivity (Wildman–Crippen MR) is 105 cm³/mol. The molecule has 9 atom stereocenters. The Balaban J connectivity index is 1.49. The van der Waals surface area contributed by atoms with E-state index in [1.807, 2.05) is 0 Å². The summed E-state index contributed by atoms with van der Waals surface area (Å²) < 4.78 is 5.17. The lowest BCUT2D eigenvalue weighted by Gasteiger charge is -2.64. The molecule has 0 spiro atoms. The summed E-state index contributed by atoms with van der Waals surface area (Å²) in [6, 6.07) is 0. The van der Waals surface area contributed by atoms with Crippen LogP contribution in [0.1, 0.15) is 58.3 Å². The number of aliphatic hydroxyl groups is 4. The van der Waals surface area contributed by atoms with Gasteiger partial charge in [0.25, 0.3) is 0 Å². The first-order chi connectivity index (χ1) is 13.7. The van der Waals surface area contributed by atoms with Gasteiger partial charge in [-0.2, -0.15) is 0 Å². The summed E-state index contributed by atoms with van der Waals surface area (Å²) >= 11 is 0. The summed E-state index contributed by atoms with van der Waals surface area (Å²) in [4.78, 5) is 11.6. The molecular formula is C23H34O6.